The van der Waals surface area contributed by atoms with Gasteiger partial charge in [0.2, 0.25) is 0 Å². The van der Waals surface area contributed by atoms with Crippen LogP contribution in [0.1, 0.15) is 37.7 Å². The van der Waals surface area contributed by atoms with Crippen LogP contribution in [-0.2, 0) is 38.5 Å². The molecule has 13 nitrogen and oxygen atoms in total. The van der Waals surface area contributed by atoms with Gasteiger partial charge in [-0.05, 0) is 47.6 Å². The predicted octanol–water partition coefficient (Wildman–Crippen LogP) is 4.22. The molecule has 0 bridgehead atoms. The minimum atomic E-state index is -1.13. The van der Waals surface area contributed by atoms with Crippen LogP contribution in [0.25, 0.3) is 0 Å². The van der Waals surface area contributed by atoms with E-state index in [2.05, 4.69) is 37.2 Å². The molecule has 1 fully saturated rings. The summed E-state index contributed by atoms with van der Waals surface area (Å²) in [4.78, 5) is 35.9. The Bertz CT molecular complexity index is 1530. The minimum absolute atomic E-state index is 0.0876. The number of carboxylic acid groups (broad SMARTS) is 2. The van der Waals surface area contributed by atoms with Crippen molar-refractivity contribution in [2.75, 3.05) is 85.6 Å². The van der Waals surface area contributed by atoms with Gasteiger partial charge in [-0.2, -0.15) is 4.99 Å². The normalized spacial score (nSPS) is 16.4. The van der Waals surface area contributed by atoms with Crippen molar-refractivity contribution in [1.82, 2.24) is 14.8 Å². The van der Waals surface area contributed by atoms with Crippen LogP contribution in [0.5, 0.6) is 5.75 Å². The highest BCUT2D eigenvalue weighted by Crippen LogP contribution is 2.18. The maximum absolute atomic E-state index is 11.9. The largest absolute Gasteiger partial charge is 0.493 e. The zero-order valence-electron chi connectivity index (χ0n) is 28.0. The molecule has 50 heavy (non-hydrogen) atoms. The third-order valence-corrected chi connectivity index (χ3v) is 7.85. The highest BCUT2D eigenvalue weighted by Gasteiger charge is 2.15. The van der Waals surface area contributed by atoms with Gasteiger partial charge in [0.1, 0.15) is 5.75 Å². The monoisotopic (exact) mass is 708 g/mol. The number of aromatic nitrogens is 1. The van der Waals surface area contributed by atoms with Crippen LogP contribution in [-0.4, -0.2) is 128 Å². The first-order valence-corrected chi connectivity index (χ1v) is 16.9. The van der Waals surface area contributed by atoms with Crippen molar-refractivity contribution >= 4 is 35.0 Å². The molecule has 0 amide bonds. The number of hydrogen-bond acceptors (Lipinski definition) is 12. The van der Waals surface area contributed by atoms with Crippen LogP contribution in [0.3, 0.4) is 0 Å². The molecule has 2 N–H and O–H groups in total. The molecule has 1 aliphatic rings. The van der Waals surface area contributed by atoms with Crippen LogP contribution >= 0.6 is 12.2 Å². The van der Waals surface area contributed by atoms with Crippen molar-refractivity contribution in [1.29, 1.82) is 0 Å². The average Bonchev–Trinajstić information content (AvgIpc) is 3.10. The van der Waals surface area contributed by atoms with E-state index in [0.29, 0.717) is 117 Å². The molecule has 2 aromatic carbocycles. The van der Waals surface area contributed by atoms with Crippen LogP contribution in [0.15, 0.2) is 65.7 Å². The van der Waals surface area contributed by atoms with Crippen molar-refractivity contribution in [3.05, 3.63) is 88.7 Å². The molecule has 1 aliphatic heterocycles. The summed E-state index contributed by atoms with van der Waals surface area (Å²) in [5, 5.41) is 21.4. The number of hydrogen-bond donors (Lipinski definition) is 2. The van der Waals surface area contributed by atoms with Crippen LogP contribution in [0, 0.1) is 0 Å². The Morgan fingerprint density at radius 1 is 0.760 bits per heavy atom. The highest BCUT2D eigenvalue weighted by molar-refractivity contribution is 7.78. The van der Waals surface area contributed by atoms with Gasteiger partial charge >= 0.3 is 11.9 Å². The summed E-state index contributed by atoms with van der Waals surface area (Å²) in [5.74, 6) is -1.65. The van der Waals surface area contributed by atoms with Gasteiger partial charge in [-0.3, -0.25) is 9.80 Å². The molecule has 14 heteroatoms. The molecule has 1 saturated heterocycles. The number of pyridine rings is 1. The van der Waals surface area contributed by atoms with E-state index in [9.17, 15) is 19.8 Å². The maximum Gasteiger partial charge on any atom is 0.354 e. The molecule has 4 rings (SSSR count). The highest BCUT2D eigenvalue weighted by atomic mass is 32.1. The summed E-state index contributed by atoms with van der Waals surface area (Å²) in [5.41, 5.74) is 3.42. The van der Waals surface area contributed by atoms with Gasteiger partial charge < -0.3 is 33.9 Å². The number of carboxylic acids is 2. The number of ether oxygens (including phenoxy) is 5. The van der Waals surface area contributed by atoms with Gasteiger partial charge in [-0.25, -0.2) is 14.6 Å². The van der Waals surface area contributed by atoms with E-state index in [1.54, 1.807) is 24.3 Å². The minimum Gasteiger partial charge on any atom is -0.493 e. The lowest BCUT2D eigenvalue weighted by molar-refractivity contribution is 0.00609. The summed E-state index contributed by atoms with van der Waals surface area (Å²) in [6, 6.07) is 17.7. The Morgan fingerprint density at radius 3 is 1.92 bits per heavy atom. The maximum atomic E-state index is 11.9. The quantitative estimate of drug-likeness (QED) is 0.216. The van der Waals surface area contributed by atoms with E-state index >= 15 is 0 Å². The Hall–Kier alpha value is -4.11. The van der Waals surface area contributed by atoms with Crippen LogP contribution in [0.2, 0.25) is 0 Å². The van der Waals surface area contributed by atoms with Crippen molar-refractivity contribution in [2.24, 2.45) is 4.99 Å². The summed E-state index contributed by atoms with van der Waals surface area (Å²) >= 11 is 4.65. The number of thiocarbonyl (C=S) groups is 1. The third-order valence-electron chi connectivity index (χ3n) is 7.76. The van der Waals surface area contributed by atoms with Crippen LogP contribution < -0.4 is 4.74 Å². The zero-order valence-corrected chi connectivity index (χ0v) is 28.9. The van der Waals surface area contributed by atoms with Gasteiger partial charge in [0.15, 0.2) is 5.69 Å². The first kappa shape index (κ1) is 38.7. The second-order valence-corrected chi connectivity index (χ2v) is 11.6. The number of isothiocyanates is 1. The molecule has 0 saturated carbocycles. The fourth-order valence-electron chi connectivity index (χ4n) is 5.16. The number of nitrogens with zero attached hydrogens (tertiary/aromatic N) is 4. The van der Waals surface area contributed by atoms with E-state index in [0.717, 1.165) is 16.8 Å². The van der Waals surface area contributed by atoms with Gasteiger partial charge in [0.05, 0.1) is 81.6 Å². The Labute approximate surface area is 297 Å². The summed E-state index contributed by atoms with van der Waals surface area (Å²) in [7, 11) is 0. The molecule has 0 aliphatic carbocycles. The average molecular weight is 709 g/mol. The standard InChI is InChI=1S/C36H44N4O9S/c41-35(42)30-3-1-2-29(22-30)25-39-9-14-45-18-20-47-16-11-40(12-17-48-21-19-46-15-10-39)26-32-23-33(24-34(38-32)36(43)44)49-13-8-28-4-6-31(7-5-28)37-27-50/h1-7,22-24H,8-21,25-26H2,(H,41,42)(H,43,44). The van der Waals surface area contributed by atoms with Crippen molar-refractivity contribution in [2.45, 2.75) is 19.5 Å². The molecule has 0 radical (unpaired) electrons. The van der Waals surface area contributed by atoms with E-state index in [-0.39, 0.29) is 11.3 Å². The van der Waals surface area contributed by atoms with Gasteiger partial charge in [0, 0.05) is 57.8 Å². The summed E-state index contributed by atoms with van der Waals surface area (Å²) in [6.07, 6.45) is 0.622. The molecule has 2 heterocycles. The Morgan fingerprint density at radius 2 is 1.36 bits per heavy atom. The summed E-state index contributed by atoms with van der Waals surface area (Å²) < 4.78 is 29.3. The third kappa shape index (κ3) is 14.4. The van der Waals surface area contributed by atoms with E-state index in [1.807, 2.05) is 30.3 Å². The van der Waals surface area contributed by atoms with E-state index < -0.39 is 11.9 Å². The van der Waals surface area contributed by atoms with Crippen molar-refractivity contribution in [3.8, 4) is 5.75 Å². The Balaban J connectivity index is 1.28. The van der Waals surface area contributed by atoms with Gasteiger partial charge in [-0.15, -0.1) is 0 Å². The zero-order chi connectivity index (χ0) is 35.4. The lowest BCUT2D eigenvalue weighted by Gasteiger charge is -2.24. The summed E-state index contributed by atoms with van der Waals surface area (Å²) in [6.45, 7) is 7.30. The van der Waals surface area contributed by atoms with Crippen LogP contribution in [0.4, 0.5) is 5.69 Å². The molecule has 0 spiro atoms. The van der Waals surface area contributed by atoms with Gasteiger partial charge in [0.25, 0.3) is 0 Å². The van der Waals surface area contributed by atoms with Crippen molar-refractivity contribution < 1.29 is 43.5 Å². The number of carbonyl (C=O) groups is 2. The molecule has 0 unspecified atom stereocenters. The first-order valence-electron chi connectivity index (χ1n) is 16.5. The topological polar surface area (TPSA) is 152 Å². The number of rotatable bonds is 11. The number of aliphatic imine (C=N–C) groups is 1. The number of aromatic carboxylic acids is 2. The molecular formula is C36H44N4O9S. The SMILES string of the molecule is O=C(O)c1cccc(CN2CCOCCOCCN(Cc3cc(OCCc4ccc(N=C=S)cc4)cc(C(=O)O)n3)CCOCCOCC2)c1. The Kier molecular flexibility index (Phi) is 16.9. The fourth-order valence-corrected chi connectivity index (χ4v) is 5.26. The predicted molar refractivity (Wildman–Crippen MR) is 189 cm³/mol. The fraction of sp³-hybridized carbons (Fsp3) is 0.444. The molecule has 3 aromatic rings. The van der Waals surface area contributed by atoms with E-state index in [4.69, 9.17) is 23.7 Å². The second kappa shape index (κ2) is 21.9. The molecule has 1 aromatic heterocycles. The van der Waals surface area contributed by atoms with E-state index in [1.165, 1.54) is 6.07 Å². The number of benzene rings is 2. The smallest absolute Gasteiger partial charge is 0.354 e. The molecular weight excluding hydrogens is 664 g/mol. The van der Waals surface area contributed by atoms with Gasteiger partial charge in [-0.1, -0.05) is 24.3 Å². The second-order valence-electron chi connectivity index (χ2n) is 11.5. The molecule has 0 atom stereocenters. The first-order chi connectivity index (χ1) is 24.4. The lowest BCUT2D eigenvalue weighted by atomic mass is 10.1. The lowest BCUT2D eigenvalue weighted by Crippen LogP contribution is -2.33. The molecule has 268 valence electrons. The van der Waals surface area contributed by atoms with Crippen molar-refractivity contribution in [3.63, 3.8) is 0 Å².